The maximum atomic E-state index is 12.7. The van der Waals surface area contributed by atoms with Crippen molar-refractivity contribution in [2.45, 2.75) is 51.6 Å². The van der Waals surface area contributed by atoms with Crippen molar-refractivity contribution >= 4 is 30.1 Å². The maximum absolute atomic E-state index is 12.7. The Morgan fingerprint density at radius 3 is 2.58 bits per heavy atom. The number of amides is 1. The van der Waals surface area contributed by atoms with Gasteiger partial charge in [-0.1, -0.05) is 41.2 Å². The van der Waals surface area contributed by atoms with Gasteiger partial charge in [-0.2, -0.15) is 0 Å². The van der Waals surface area contributed by atoms with E-state index in [4.69, 9.17) is 4.74 Å². The van der Waals surface area contributed by atoms with Crippen molar-refractivity contribution < 1.29 is 9.53 Å². The number of ether oxygens (including phenoxy) is 1. The van der Waals surface area contributed by atoms with Crippen LogP contribution in [-0.2, 0) is 4.74 Å². The molecule has 1 atom stereocenters. The van der Waals surface area contributed by atoms with Gasteiger partial charge in [0.25, 0.3) is 0 Å². The van der Waals surface area contributed by atoms with Crippen molar-refractivity contribution in [2.24, 2.45) is 0 Å². The quantitative estimate of drug-likeness (QED) is 0.644. The minimum Gasteiger partial charge on any atom is -0.444 e. The van der Waals surface area contributed by atoms with Crippen LogP contribution in [0, 0.1) is 0 Å². The van der Waals surface area contributed by atoms with Crippen molar-refractivity contribution in [3.63, 3.8) is 0 Å². The number of hydrogen-bond donors (Lipinski definition) is 1. The number of carbonyl (C=O) groups excluding carboxylic acids is 1. The van der Waals surface area contributed by atoms with E-state index in [1.54, 1.807) is 0 Å². The third kappa shape index (κ3) is 4.38. The second kappa shape index (κ2) is 6.85. The first kappa shape index (κ1) is 19.2. The van der Waals surface area contributed by atoms with Gasteiger partial charge in [0, 0.05) is 10.6 Å². The van der Waals surface area contributed by atoms with Crippen LogP contribution >= 0.6 is 15.9 Å². The molecule has 1 aliphatic rings. The number of nitrogens with one attached hydrogen (secondary N) is 1. The summed E-state index contributed by atoms with van der Waals surface area (Å²) in [6.07, 6.45) is 2.39. The predicted molar refractivity (Wildman–Crippen MR) is 110 cm³/mol. The van der Waals surface area contributed by atoms with Gasteiger partial charge in [-0.15, -0.1) is 0 Å². The highest BCUT2D eigenvalue weighted by Crippen LogP contribution is 2.38. The van der Waals surface area contributed by atoms with E-state index in [1.807, 2.05) is 56.1 Å². The third-order valence-electron chi connectivity index (χ3n) is 4.41. The molecular formula is C19H26BrN3O2Si. The summed E-state index contributed by atoms with van der Waals surface area (Å²) in [5.41, 5.74) is 1.54. The molecule has 0 bridgehead atoms. The SMILES string of the molecule is CC(C)(C)OC(=O)N1C[Si](C)(C)C[C@H]1c1ncc(-c2ccc(Br)cc2)[nH]1. The van der Waals surface area contributed by atoms with Crippen LogP contribution in [0.5, 0.6) is 0 Å². The van der Waals surface area contributed by atoms with Gasteiger partial charge in [-0.25, -0.2) is 9.78 Å². The van der Waals surface area contributed by atoms with E-state index in [9.17, 15) is 4.79 Å². The Morgan fingerprint density at radius 1 is 1.31 bits per heavy atom. The molecule has 0 saturated carbocycles. The Balaban J connectivity index is 1.86. The zero-order valence-electron chi connectivity index (χ0n) is 16.0. The van der Waals surface area contributed by atoms with Crippen LogP contribution in [0.25, 0.3) is 11.3 Å². The molecule has 26 heavy (non-hydrogen) atoms. The molecule has 0 spiro atoms. The smallest absolute Gasteiger partial charge is 0.410 e. The first-order chi connectivity index (χ1) is 12.0. The number of imidazole rings is 1. The molecule has 1 aromatic heterocycles. The summed E-state index contributed by atoms with van der Waals surface area (Å²) in [7, 11) is -1.51. The maximum Gasteiger partial charge on any atom is 0.410 e. The summed E-state index contributed by atoms with van der Waals surface area (Å²) < 4.78 is 6.68. The molecule has 1 aliphatic heterocycles. The van der Waals surface area contributed by atoms with Gasteiger partial charge in [0.15, 0.2) is 0 Å². The molecule has 1 N–H and O–H groups in total. The molecule has 0 aliphatic carbocycles. The molecule has 1 fully saturated rings. The normalized spacial score (nSPS) is 19.6. The predicted octanol–water partition coefficient (Wildman–Crippen LogP) is 5.38. The van der Waals surface area contributed by atoms with Crippen molar-refractivity contribution in [1.29, 1.82) is 0 Å². The van der Waals surface area contributed by atoms with Gasteiger partial charge < -0.3 is 14.6 Å². The largest absolute Gasteiger partial charge is 0.444 e. The number of hydrogen-bond acceptors (Lipinski definition) is 3. The van der Waals surface area contributed by atoms with Crippen LogP contribution in [0.2, 0.25) is 19.1 Å². The number of carbonyl (C=O) groups is 1. The standard InChI is InChI=1S/C19H26BrN3O2Si/c1-19(2,3)25-18(24)23-12-26(4,5)11-16(23)17-21-10-15(22-17)13-6-8-14(20)9-7-13/h6-10,16H,11-12H2,1-5H3,(H,21,22)/t16-/m0/s1. The summed E-state index contributed by atoms with van der Waals surface area (Å²) in [6.45, 7) is 10.3. The number of rotatable bonds is 2. The van der Waals surface area contributed by atoms with Crippen molar-refractivity contribution in [3.05, 3.63) is 40.8 Å². The van der Waals surface area contributed by atoms with Gasteiger partial charge in [-0.3, -0.25) is 0 Å². The average Bonchev–Trinajstić information content (AvgIpc) is 3.10. The van der Waals surface area contributed by atoms with E-state index in [-0.39, 0.29) is 12.1 Å². The number of halogens is 1. The van der Waals surface area contributed by atoms with E-state index in [2.05, 4.69) is 39.0 Å². The van der Waals surface area contributed by atoms with Crippen LogP contribution in [0.1, 0.15) is 32.6 Å². The summed E-state index contributed by atoms with van der Waals surface area (Å²) in [6, 6.07) is 9.04. The first-order valence-electron chi connectivity index (χ1n) is 8.85. The Labute approximate surface area is 164 Å². The second-order valence-corrected chi connectivity index (χ2v) is 14.6. The third-order valence-corrected chi connectivity index (χ3v) is 7.63. The number of aromatic amines is 1. The van der Waals surface area contributed by atoms with E-state index >= 15 is 0 Å². The molecule has 0 radical (unpaired) electrons. The lowest BCUT2D eigenvalue weighted by Crippen LogP contribution is -2.39. The van der Waals surface area contributed by atoms with Crippen LogP contribution < -0.4 is 0 Å². The Kier molecular flexibility index (Phi) is 5.05. The van der Waals surface area contributed by atoms with Gasteiger partial charge in [-0.05, 0) is 44.5 Å². The zero-order chi connectivity index (χ0) is 19.1. The zero-order valence-corrected chi connectivity index (χ0v) is 18.6. The topological polar surface area (TPSA) is 58.2 Å². The summed E-state index contributed by atoms with van der Waals surface area (Å²) in [5, 5.41) is 0. The fraction of sp³-hybridized carbons (Fsp3) is 0.474. The van der Waals surface area contributed by atoms with Gasteiger partial charge in [0.1, 0.15) is 11.4 Å². The van der Waals surface area contributed by atoms with E-state index in [0.717, 1.165) is 33.8 Å². The fourth-order valence-corrected chi connectivity index (χ4v) is 6.43. The van der Waals surface area contributed by atoms with Crippen molar-refractivity contribution in [3.8, 4) is 11.3 Å². The minimum absolute atomic E-state index is 0.0456. The molecule has 2 heterocycles. The summed E-state index contributed by atoms with van der Waals surface area (Å²) >= 11 is 3.46. The summed E-state index contributed by atoms with van der Waals surface area (Å²) in [4.78, 5) is 22.6. The van der Waals surface area contributed by atoms with Crippen LogP contribution in [0.4, 0.5) is 4.79 Å². The Hall–Kier alpha value is -1.60. The lowest BCUT2D eigenvalue weighted by atomic mass is 10.2. The molecule has 1 aromatic carbocycles. The molecule has 1 amide bonds. The molecule has 1 saturated heterocycles. The molecule has 7 heteroatoms. The van der Waals surface area contributed by atoms with E-state index in [0.29, 0.717) is 0 Å². The Morgan fingerprint density at radius 2 is 1.96 bits per heavy atom. The molecule has 140 valence electrons. The average molecular weight is 436 g/mol. The van der Waals surface area contributed by atoms with Gasteiger partial charge in [0.2, 0.25) is 0 Å². The highest BCUT2D eigenvalue weighted by Gasteiger charge is 2.44. The highest BCUT2D eigenvalue weighted by atomic mass is 79.9. The van der Waals surface area contributed by atoms with Gasteiger partial charge >= 0.3 is 6.09 Å². The molecule has 2 aromatic rings. The lowest BCUT2D eigenvalue weighted by molar-refractivity contribution is 0.0229. The van der Waals surface area contributed by atoms with Crippen LogP contribution in [-0.4, -0.2) is 40.8 Å². The monoisotopic (exact) mass is 435 g/mol. The lowest BCUT2D eigenvalue weighted by Gasteiger charge is -2.28. The number of aromatic nitrogens is 2. The summed E-state index contributed by atoms with van der Waals surface area (Å²) in [5.74, 6) is 0.840. The number of H-pyrrole nitrogens is 1. The molecular weight excluding hydrogens is 410 g/mol. The minimum atomic E-state index is -1.51. The van der Waals surface area contributed by atoms with E-state index < -0.39 is 13.7 Å². The van der Waals surface area contributed by atoms with Crippen molar-refractivity contribution in [1.82, 2.24) is 14.9 Å². The van der Waals surface area contributed by atoms with Crippen molar-refractivity contribution in [2.75, 3.05) is 6.17 Å². The Bertz CT molecular complexity index is 796. The van der Waals surface area contributed by atoms with Crippen LogP contribution in [0.15, 0.2) is 34.9 Å². The number of benzene rings is 1. The van der Waals surface area contributed by atoms with E-state index in [1.165, 1.54) is 0 Å². The molecule has 0 unspecified atom stereocenters. The van der Waals surface area contributed by atoms with Crippen LogP contribution in [0.3, 0.4) is 0 Å². The number of nitrogens with zero attached hydrogens (tertiary/aromatic N) is 2. The fourth-order valence-electron chi connectivity index (χ4n) is 3.31. The van der Waals surface area contributed by atoms with Gasteiger partial charge in [0.05, 0.1) is 26.0 Å². The first-order valence-corrected chi connectivity index (χ1v) is 13.1. The highest BCUT2D eigenvalue weighted by molar-refractivity contribution is 9.10. The molecule has 5 nitrogen and oxygen atoms in total. The second-order valence-electron chi connectivity index (χ2n) is 8.68. The molecule has 3 rings (SSSR count).